The number of hydrogen-bond donors (Lipinski definition) is 2. The molecule has 5 nitrogen and oxygen atoms in total. The number of nitrogens with one attached hydrogen (secondary N) is 2. The molecular weight excluding hydrogens is 330 g/mol. The van der Waals surface area contributed by atoms with Crippen molar-refractivity contribution in [2.75, 3.05) is 27.7 Å². The van der Waals surface area contributed by atoms with Gasteiger partial charge in [0.15, 0.2) is 5.96 Å². The lowest BCUT2D eigenvalue weighted by Gasteiger charge is -2.26. The van der Waals surface area contributed by atoms with E-state index in [4.69, 9.17) is 0 Å². The van der Waals surface area contributed by atoms with Gasteiger partial charge in [0.2, 0.25) is 0 Å². The van der Waals surface area contributed by atoms with E-state index in [2.05, 4.69) is 77.7 Å². The van der Waals surface area contributed by atoms with Gasteiger partial charge >= 0.3 is 0 Å². The first-order chi connectivity index (χ1) is 12.0. The maximum Gasteiger partial charge on any atom is 0.191 e. The minimum absolute atomic E-state index is 0.284. The summed E-state index contributed by atoms with van der Waals surface area (Å²) in [5.41, 5.74) is 2.67. The zero-order valence-corrected chi connectivity index (χ0v) is 16.7. The fourth-order valence-corrected chi connectivity index (χ4v) is 3.36. The lowest BCUT2D eigenvalue weighted by molar-refractivity contribution is 0.298. The molecule has 0 saturated heterocycles. The second-order valence-electron chi connectivity index (χ2n) is 6.25. The largest absolute Gasteiger partial charge is 0.354 e. The van der Waals surface area contributed by atoms with Gasteiger partial charge in [0.1, 0.15) is 5.01 Å². The van der Waals surface area contributed by atoms with E-state index in [0.717, 1.165) is 23.9 Å². The van der Waals surface area contributed by atoms with Crippen molar-refractivity contribution in [1.82, 2.24) is 20.5 Å². The Hall–Kier alpha value is -1.92. The summed E-state index contributed by atoms with van der Waals surface area (Å²) in [5, 5.41) is 7.83. The minimum atomic E-state index is 0.284. The highest BCUT2D eigenvalue weighted by Gasteiger charge is 2.14. The van der Waals surface area contributed by atoms with Crippen LogP contribution in [0.15, 0.2) is 35.5 Å². The van der Waals surface area contributed by atoms with Crippen molar-refractivity contribution in [2.24, 2.45) is 4.99 Å². The Labute approximate surface area is 155 Å². The third kappa shape index (κ3) is 5.83. The average Bonchev–Trinajstić information content (AvgIpc) is 3.03. The van der Waals surface area contributed by atoms with Crippen LogP contribution in [-0.4, -0.2) is 43.5 Å². The Bertz CT molecular complexity index is 675. The molecule has 0 aliphatic rings. The van der Waals surface area contributed by atoms with E-state index in [1.165, 1.54) is 16.0 Å². The van der Waals surface area contributed by atoms with Crippen molar-refractivity contribution < 1.29 is 0 Å². The Morgan fingerprint density at radius 1 is 1.24 bits per heavy atom. The molecule has 2 N–H and O–H groups in total. The fourth-order valence-electron chi connectivity index (χ4n) is 2.63. The predicted octanol–water partition coefficient (Wildman–Crippen LogP) is 2.98. The lowest BCUT2D eigenvalue weighted by atomic mass is 10.0. The molecule has 1 aromatic heterocycles. The molecular formula is C19H29N5S. The third-order valence-electron chi connectivity index (χ3n) is 4.16. The van der Waals surface area contributed by atoms with Crippen molar-refractivity contribution in [1.29, 1.82) is 0 Å². The van der Waals surface area contributed by atoms with Crippen LogP contribution in [0.1, 0.15) is 34.0 Å². The summed E-state index contributed by atoms with van der Waals surface area (Å²) in [6, 6.07) is 9.15. The summed E-state index contributed by atoms with van der Waals surface area (Å²) in [7, 11) is 6.01. The molecule has 0 fully saturated rings. The van der Waals surface area contributed by atoms with Crippen LogP contribution in [0, 0.1) is 6.92 Å². The van der Waals surface area contributed by atoms with E-state index in [1.54, 1.807) is 18.4 Å². The molecule has 1 heterocycles. The number of hydrogen-bond acceptors (Lipinski definition) is 4. The van der Waals surface area contributed by atoms with Gasteiger partial charge in [-0.1, -0.05) is 31.2 Å². The number of guanidine groups is 1. The minimum Gasteiger partial charge on any atom is -0.354 e. The second kappa shape index (κ2) is 9.53. The Morgan fingerprint density at radius 3 is 2.48 bits per heavy atom. The van der Waals surface area contributed by atoms with Gasteiger partial charge in [-0.15, -0.1) is 11.3 Å². The molecule has 6 heteroatoms. The van der Waals surface area contributed by atoms with Crippen LogP contribution in [-0.2, 0) is 13.0 Å². The van der Waals surface area contributed by atoms with E-state index in [-0.39, 0.29) is 6.04 Å². The zero-order valence-electron chi connectivity index (χ0n) is 15.8. The van der Waals surface area contributed by atoms with Crippen LogP contribution >= 0.6 is 11.3 Å². The van der Waals surface area contributed by atoms with Gasteiger partial charge in [-0.05, 0) is 38.6 Å². The number of likely N-dealkylation sites (N-methyl/N-ethyl adjacent to an activating group) is 1. The van der Waals surface area contributed by atoms with Gasteiger partial charge in [-0.2, -0.15) is 0 Å². The van der Waals surface area contributed by atoms with Crippen LogP contribution in [0.4, 0.5) is 0 Å². The van der Waals surface area contributed by atoms with E-state index < -0.39 is 0 Å². The predicted molar refractivity (Wildman–Crippen MR) is 107 cm³/mol. The Kier molecular flexibility index (Phi) is 7.40. The standard InChI is InChI=1S/C19H29N5S/c1-6-15-7-9-16(10-8-15)17(24(4)5)12-22-19(20-3)23-13-18-21-11-14(2)25-18/h7-11,17H,6,12-13H2,1-5H3,(H2,20,22,23). The molecule has 25 heavy (non-hydrogen) atoms. The number of rotatable bonds is 7. The number of benzene rings is 1. The quantitative estimate of drug-likeness (QED) is 0.589. The summed E-state index contributed by atoms with van der Waals surface area (Å²) in [6.45, 7) is 5.73. The molecule has 0 spiro atoms. The smallest absolute Gasteiger partial charge is 0.191 e. The Morgan fingerprint density at radius 2 is 1.96 bits per heavy atom. The number of aromatic nitrogens is 1. The summed E-state index contributed by atoms with van der Waals surface area (Å²) in [6.07, 6.45) is 2.97. The molecule has 0 aliphatic heterocycles. The topological polar surface area (TPSA) is 52.6 Å². The van der Waals surface area contributed by atoms with Crippen molar-refractivity contribution in [3.8, 4) is 0 Å². The summed E-state index contributed by atoms with van der Waals surface area (Å²) < 4.78 is 0. The van der Waals surface area contributed by atoms with Crippen molar-refractivity contribution >= 4 is 17.3 Å². The molecule has 0 radical (unpaired) electrons. The second-order valence-corrected chi connectivity index (χ2v) is 7.57. The van der Waals surface area contributed by atoms with Gasteiger partial charge in [0.25, 0.3) is 0 Å². The van der Waals surface area contributed by atoms with Crippen LogP contribution in [0.5, 0.6) is 0 Å². The number of aryl methyl sites for hydroxylation is 2. The van der Waals surface area contributed by atoms with Gasteiger partial charge in [0.05, 0.1) is 12.6 Å². The van der Waals surface area contributed by atoms with E-state index in [0.29, 0.717) is 6.54 Å². The van der Waals surface area contributed by atoms with E-state index in [9.17, 15) is 0 Å². The first-order valence-corrected chi connectivity index (χ1v) is 9.46. The molecule has 0 amide bonds. The maximum atomic E-state index is 4.37. The maximum absolute atomic E-state index is 4.37. The summed E-state index contributed by atoms with van der Waals surface area (Å²) in [4.78, 5) is 12.1. The molecule has 2 aromatic rings. The zero-order chi connectivity index (χ0) is 18.2. The highest BCUT2D eigenvalue weighted by atomic mass is 32.1. The first kappa shape index (κ1) is 19.4. The average molecular weight is 360 g/mol. The fraction of sp³-hybridized carbons (Fsp3) is 0.474. The van der Waals surface area contributed by atoms with E-state index >= 15 is 0 Å². The highest BCUT2D eigenvalue weighted by molar-refractivity contribution is 7.11. The number of thiazole rings is 1. The van der Waals surface area contributed by atoms with E-state index in [1.807, 2.05) is 6.20 Å². The van der Waals surface area contributed by atoms with Gasteiger partial charge in [-0.3, -0.25) is 4.99 Å². The van der Waals surface area contributed by atoms with Crippen molar-refractivity contribution in [2.45, 2.75) is 32.9 Å². The van der Waals surface area contributed by atoms with Gasteiger partial charge in [0, 0.05) is 24.7 Å². The lowest BCUT2D eigenvalue weighted by Crippen LogP contribution is -2.41. The van der Waals surface area contributed by atoms with Crippen molar-refractivity contribution in [3.05, 3.63) is 51.5 Å². The van der Waals surface area contributed by atoms with Crippen LogP contribution in [0.25, 0.3) is 0 Å². The normalized spacial score (nSPS) is 13.1. The highest BCUT2D eigenvalue weighted by Crippen LogP contribution is 2.18. The first-order valence-electron chi connectivity index (χ1n) is 8.64. The van der Waals surface area contributed by atoms with Crippen molar-refractivity contribution in [3.63, 3.8) is 0 Å². The molecule has 1 aromatic carbocycles. The molecule has 2 rings (SSSR count). The van der Waals surface area contributed by atoms with Gasteiger partial charge in [-0.25, -0.2) is 4.98 Å². The molecule has 136 valence electrons. The van der Waals surface area contributed by atoms with Crippen LogP contribution in [0.3, 0.4) is 0 Å². The van der Waals surface area contributed by atoms with Crippen LogP contribution in [0.2, 0.25) is 0 Å². The Balaban J connectivity index is 1.93. The molecule has 1 unspecified atom stereocenters. The number of nitrogens with zero attached hydrogens (tertiary/aromatic N) is 3. The number of aliphatic imine (C=N–C) groups is 1. The monoisotopic (exact) mass is 359 g/mol. The SMILES string of the molecule is CCc1ccc(C(CNC(=NC)NCc2ncc(C)s2)N(C)C)cc1. The molecule has 0 aliphatic carbocycles. The van der Waals surface area contributed by atoms with Crippen LogP contribution < -0.4 is 10.6 Å². The van der Waals surface area contributed by atoms with Gasteiger partial charge < -0.3 is 15.5 Å². The summed E-state index contributed by atoms with van der Waals surface area (Å²) in [5.74, 6) is 0.796. The summed E-state index contributed by atoms with van der Waals surface area (Å²) >= 11 is 1.71. The third-order valence-corrected chi connectivity index (χ3v) is 5.07. The molecule has 0 saturated carbocycles. The molecule has 0 bridgehead atoms. The molecule has 1 atom stereocenters.